The van der Waals surface area contributed by atoms with E-state index in [1.807, 2.05) is 30.3 Å². The van der Waals surface area contributed by atoms with E-state index in [9.17, 15) is 9.59 Å². The van der Waals surface area contributed by atoms with Gasteiger partial charge in [-0.1, -0.05) is 43.7 Å². The number of carbonyl (C=O) groups is 2. The lowest BCUT2D eigenvalue weighted by molar-refractivity contribution is -0.147. The molecule has 0 aromatic heterocycles. The van der Waals surface area contributed by atoms with Gasteiger partial charge in [0.15, 0.2) is 6.04 Å². The largest absolute Gasteiger partial charge is 0.467 e. The molecule has 1 amide bonds. The second-order valence-corrected chi connectivity index (χ2v) is 5.61. The van der Waals surface area contributed by atoms with E-state index in [2.05, 4.69) is 17.6 Å². The van der Waals surface area contributed by atoms with Crippen molar-refractivity contribution in [1.82, 2.24) is 10.6 Å². The third-order valence-electron chi connectivity index (χ3n) is 3.57. The Morgan fingerprint density at radius 3 is 2.54 bits per heavy atom. The lowest BCUT2D eigenvalue weighted by atomic mass is 10.2. The minimum Gasteiger partial charge on any atom is -0.467 e. The van der Waals surface area contributed by atoms with Crippen LogP contribution >= 0.6 is 0 Å². The van der Waals surface area contributed by atoms with Crippen LogP contribution in [0.4, 0.5) is 0 Å². The molecule has 0 aliphatic carbocycles. The molecule has 0 fully saturated rings. The second-order valence-electron chi connectivity index (χ2n) is 5.61. The number of unbranched alkanes of at least 4 members (excludes halogenated alkanes) is 1. The van der Waals surface area contributed by atoms with Crippen LogP contribution in [-0.4, -0.2) is 44.2 Å². The Morgan fingerprint density at radius 2 is 1.92 bits per heavy atom. The van der Waals surface area contributed by atoms with Gasteiger partial charge in [0.2, 0.25) is 5.91 Å². The van der Waals surface area contributed by atoms with E-state index >= 15 is 0 Å². The van der Waals surface area contributed by atoms with E-state index in [4.69, 9.17) is 9.47 Å². The lowest BCUT2D eigenvalue weighted by Crippen LogP contribution is -2.51. The molecule has 0 radical (unpaired) electrons. The molecule has 2 N–H and O–H groups in total. The van der Waals surface area contributed by atoms with Crippen LogP contribution in [0.5, 0.6) is 0 Å². The van der Waals surface area contributed by atoms with Crippen LogP contribution in [0.2, 0.25) is 0 Å². The van der Waals surface area contributed by atoms with Gasteiger partial charge in [0, 0.05) is 0 Å². The smallest absolute Gasteiger partial charge is 0.330 e. The van der Waals surface area contributed by atoms with E-state index in [0.717, 1.165) is 24.9 Å². The van der Waals surface area contributed by atoms with Gasteiger partial charge in [-0.3, -0.25) is 4.79 Å². The third kappa shape index (κ3) is 7.57. The molecule has 0 heterocycles. The molecule has 0 saturated heterocycles. The van der Waals surface area contributed by atoms with Crippen molar-refractivity contribution in [2.24, 2.45) is 0 Å². The molecular weight excluding hydrogens is 308 g/mol. The molecule has 0 unspecified atom stereocenters. The van der Waals surface area contributed by atoms with Gasteiger partial charge in [-0.25, -0.2) is 4.79 Å². The normalized spacial score (nSPS) is 13.1. The fourth-order valence-electron chi connectivity index (χ4n) is 2.06. The highest BCUT2D eigenvalue weighted by atomic mass is 16.5. The highest BCUT2D eigenvalue weighted by Crippen LogP contribution is 2.02. The Bertz CT molecular complexity index is 493. The predicted molar refractivity (Wildman–Crippen MR) is 92.4 cm³/mol. The van der Waals surface area contributed by atoms with Crippen LogP contribution in [0.3, 0.4) is 0 Å². The zero-order valence-corrected chi connectivity index (χ0v) is 14.7. The summed E-state index contributed by atoms with van der Waals surface area (Å²) in [5, 5.41) is 5.80. The maximum Gasteiger partial charge on any atom is 0.330 e. The third-order valence-corrected chi connectivity index (χ3v) is 3.57. The molecule has 0 aliphatic rings. The maximum atomic E-state index is 12.2. The molecule has 1 aromatic rings. The average Bonchev–Trinajstić information content (AvgIpc) is 2.61. The van der Waals surface area contributed by atoms with Crippen molar-refractivity contribution in [3.05, 3.63) is 35.9 Å². The summed E-state index contributed by atoms with van der Waals surface area (Å²) < 4.78 is 10.3. The van der Waals surface area contributed by atoms with Crippen LogP contribution < -0.4 is 10.6 Å². The zero-order chi connectivity index (χ0) is 17.8. The van der Waals surface area contributed by atoms with E-state index in [0.29, 0.717) is 6.61 Å². The minimum absolute atomic E-state index is 0.0645. The molecule has 1 aromatic carbocycles. The number of esters is 1. The van der Waals surface area contributed by atoms with Crippen LogP contribution in [0, 0.1) is 0 Å². The number of rotatable bonds is 11. The fraction of sp³-hybridized carbons (Fsp3) is 0.556. The molecule has 0 aliphatic heterocycles. The first-order valence-electron chi connectivity index (χ1n) is 8.31. The summed E-state index contributed by atoms with van der Waals surface area (Å²) in [7, 11) is 1.29. The Balaban J connectivity index is 2.46. The molecule has 1 rings (SSSR count). The van der Waals surface area contributed by atoms with Gasteiger partial charge < -0.3 is 20.1 Å². The summed E-state index contributed by atoms with van der Waals surface area (Å²) in [4.78, 5) is 24.0. The van der Waals surface area contributed by atoms with Gasteiger partial charge in [0.25, 0.3) is 0 Å². The summed E-state index contributed by atoms with van der Waals surface area (Å²) in [6.07, 6.45) is 2.05. The quantitative estimate of drug-likeness (QED) is 0.474. The Labute approximate surface area is 143 Å². The first-order chi connectivity index (χ1) is 11.6. The molecule has 0 saturated carbocycles. The molecule has 134 valence electrons. The van der Waals surface area contributed by atoms with Crippen molar-refractivity contribution >= 4 is 11.9 Å². The van der Waals surface area contributed by atoms with Gasteiger partial charge in [0.1, 0.15) is 0 Å². The fourth-order valence-corrected chi connectivity index (χ4v) is 2.06. The van der Waals surface area contributed by atoms with E-state index in [1.54, 1.807) is 6.92 Å². The molecule has 6 nitrogen and oxygen atoms in total. The number of methoxy groups -OCH3 is 1. The molecule has 0 bridgehead atoms. The summed E-state index contributed by atoms with van der Waals surface area (Å²) in [6.45, 7) is 5.05. The second kappa shape index (κ2) is 11.6. The molecule has 0 spiro atoms. The monoisotopic (exact) mass is 336 g/mol. The predicted octanol–water partition coefficient (Wildman–Crippen LogP) is 1.64. The minimum atomic E-state index is -0.818. The summed E-state index contributed by atoms with van der Waals surface area (Å²) in [6, 6.07) is 8.44. The van der Waals surface area contributed by atoms with Crippen LogP contribution in [0.15, 0.2) is 30.3 Å². The van der Waals surface area contributed by atoms with Gasteiger partial charge in [-0.05, 0) is 25.5 Å². The van der Waals surface area contributed by atoms with E-state index < -0.39 is 12.0 Å². The van der Waals surface area contributed by atoms with E-state index in [1.165, 1.54) is 7.11 Å². The molecule has 24 heavy (non-hydrogen) atoms. The van der Waals surface area contributed by atoms with Crippen LogP contribution in [0.25, 0.3) is 0 Å². The number of amides is 1. The van der Waals surface area contributed by atoms with Gasteiger partial charge >= 0.3 is 5.97 Å². The number of nitrogens with one attached hydrogen (secondary N) is 2. The van der Waals surface area contributed by atoms with Crippen molar-refractivity contribution in [3.8, 4) is 0 Å². The van der Waals surface area contributed by atoms with Gasteiger partial charge in [-0.2, -0.15) is 0 Å². The van der Waals surface area contributed by atoms with Gasteiger partial charge in [-0.15, -0.1) is 0 Å². The number of ether oxygens (including phenoxy) is 2. The maximum absolute atomic E-state index is 12.2. The Hall–Kier alpha value is -1.92. The SMILES string of the molecule is CCCCN[C@H](C)C(=O)N[C@@H](COCc1ccccc1)C(=O)OC. The highest BCUT2D eigenvalue weighted by Gasteiger charge is 2.24. The van der Waals surface area contributed by atoms with Gasteiger partial charge in [0.05, 0.1) is 26.4 Å². The summed E-state index contributed by atoms with van der Waals surface area (Å²) >= 11 is 0. The molecular formula is C18H28N2O4. The Kier molecular flexibility index (Phi) is 9.72. The number of carbonyl (C=O) groups excluding carboxylic acids is 2. The van der Waals surface area contributed by atoms with Crippen LogP contribution in [0.1, 0.15) is 32.3 Å². The lowest BCUT2D eigenvalue weighted by Gasteiger charge is -2.20. The van der Waals surface area contributed by atoms with E-state index in [-0.39, 0.29) is 18.6 Å². The van der Waals surface area contributed by atoms with Crippen molar-refractivity contribution in [2.45, 2.75) is 45.4 Å². The summed E-state index contributed by atoms with van der Waals surface area (Å²) in [5.74, 6) is -0.762. The van der Waals surface area contributed by atoms with Crippen molar-refractivity contribution in [1.29, 1.82) is 0 Å². The Morgan fingerprint density at radius 1 is 1.21 bits per heavy atom. The topological polar surface area (TPSA) is 76.7 Å². The molecule has 2 atom stereocenters. The first-order valence-corrected chi connectivity index (χ1v) is 8.31. The average molecular weight is 336 g/mol. The zero-order valence-electron chi connectivity index (χ0n) is 14.7. The first kappa shape index (κ1) is 20.1. The standard InChI is InChI=1S/C18H28N2O4/c1-4-5-11-19-14(2)17(21)20-16(18(22)23-3)13-24-12-15-9-7-6-8-10-15/h6-10,14,16,19H,4-5,11-13H2,1-3H3,(H,20,21)/t14-,16+/m1/s1. The van der Waals surface area contributed by atoms with Crippen molar-refractivity contribution in [3.63, 3.8) is 0 Å². The number of hydrogen-bond acceptors (Lipinski definition) is 5. The van der Waals surface area contributed by atoms with Crippen molar-refractivity contribution < 1.29 is 19.1 Å². The number of benzene rings is 1. The van der Waals surface area contributed by atoms with Crippen molar-refractivity contribution in [2.75, 3.05) is 20.3 Å². The molecule has 6 heteroatoms. The van der Waals surface area contributed by atoms with Crippen LogP contribution in [-0.2, 0) is 25.7 Å². The summed E-state index contributed by atoms with van der Waals surface area (Å²) in [5.41, 5.74) is 1.00. The highest BCUT2D eigenvalue weighted by molar-refractivity contribution is 5.87. The number of hydrogen-bond donors (Lipinski definition) is 2.